The van der Waals surface area contributed by atoms with Crippen molar-refractivity contribution < 1.29 is 36.9 Å². The minimum absolute atomic E-state index is 0.0422. The number of aliphatic hydroxyl groups excluding tert-OH is 1. The molecule has 0 aromatic carbocycles. The summed E-state index contributed by atoms with van der Waals surface area (Å²) in [5.74, 6) is -0.286. The van der Waals surface area contributed by atoms with Crippen molar-refractivity contribution in [3.8, 4) is 0 Å². The van der Waals surface area contributed by atoms with Crippen LogP contribution < -0.4 is 16.0 Å². The maximum Gasteiger partial charge on any atom is 0.345 e. The molecule has 31 heavy (non-hydrogen) atoms. The Balaban J connectivity index is 2.08. The number of ether oxygens (including phenoxy) is 2. The Morgan fingerprint density at radius 2 is 1.87 bits per heavy atom. The summed E-state index contributed by atoms with van der Waals surface area (Å²) in [6.45, 7) is -5.01. The van der Waals surface area contributed by atoms with Crippen molar-refractivity contribution in [3.63, 3.8) is 0 Å². The van der Waals surface area contributed by atoms with E-state index in [1.54, 1.807) is 6.92 Å². The number of nitrogens with one attached hydrogen (secondary N) is 3. The standard InChI is InChI=1S/C18H27F4N5O4/c1-10(9-31-17(21)22)25-18-24-8-13(15(29)23-6-7-30-16(19)20)14(27-18)26-11-2-4-12(28)5-3-11/h8,10-12,16-17,28H,2-7,9H2,1H3,(H,23,29)(H2,24,25,26,27)/t10-,11?,12?/m0/s1. The van der Waals surface area contributed by atoms with Gasteiger partial charge in [0.2, 0.25) is 5.95 Å². The molecule has 13 heteroatoms. The first-order valence-corrected chi connectivity index (χ1v) is 9.90. The van der Waals surface area contributed by atoms with Crippen molar-refractivity contribution in [2.75, 3.05) is 30.4 Å². The van der Waals surface area contributed by atoms with Crippen LogP contribution >= 0.6 is 0 Å². The maximum atomic E-state index is 12.5. The van der Waals surface area contributed by atoms with Crippen LogP contribution in [0.5, 0.6) is 0 Å². The molecule has 0 saturated heterocycles. The van der Waals surface area contributed by atoms with Gasteiger partial charge in [-0.25, -0.2) is 4.98 Å². The number of aliphatic hydroxyl groups is 1. The van der Waals surface area contributed by atoms with Gasteiger partial charge in [-0.15, -0.1) is 0 Å². The molecule has 1 amide bonds. The molecule has 0 aliphatic heterocycles. The smallest absolute Gasteiger partial charge is 0.345 e. The number of carbonyl (C=O) groups excluding carboxylic acids is 1. The highest BCUT2D eigenvalue weighted by atomic mass is 19.3. The maximum absolute atomic E-state index is 12.5. The van der Waals surface area contributed by atoms with E-state index in [1.165, 1.54) is 6.20 Å². The number of rotatable bonds is 12. The van der Waals surface area contributed by atoms with Crippen LogP contribution in [0.3, 0.4) is 0 Å². The van der Waals surface area contributed by atoms with Crippen LogP contribution in [0, 0.1) is 0 Å². The van der Waals surface area contributed by atoms with Gasteiger partial charge in [0.25, 0.3) is 5.91 Å². The summed E-state index contributed by atoms with van der Waals surface area (Å²) < 4.78 is 56.8. The highest BCUT2D eigenvalue weighted by Crippen LogP contribution is 2.24. The van der Waals surface area contributed by atoms with Crippen molar-refractivity contribution in [3.05, 3.63) is 11.8 Å². The molecular weight excluding hydrogens is 426 g/mol. The Morgan fingerprint density at radius 3 is 2.52 bits per heavy atom. The summed E-state index contributed by atoms with van der Waals surface area (Å²) in [7, 11) is 0. The number of anilines is 2. The van der Waals surface area contributed by atoms with E-state index in [1.807, 2.05) is 0 Å². The fourth-order valence-electron chi connectivity index (χ4n) is 3.03. The van der Waals surface area contributed by atoms with Crippen LogP contribution in [0.25, 0.3) is 0 Å². The second-order valence-electron chi connectivity index (χ2n) is 7.13. The van der Waals surface area contributed by atoms with E-state index in [0.29, 0.717) is 25.7 Å². The number of carbonyl (C=O) groups is 1. The topological polar surface area (TPSA) is 118 Å². The molecule has 1 aromatic rings. The normalized spacial score (nSPS) is 20.0. The SMILES string of the molecule is C[C@@H](COC(F)F)Nc1ncc(C(=O)NCCOC(F)F)c(NC2CCC(O)CC2)n1. The molecule has 0 spiro atoms. The Labute approximate surface area is 176 Å². The van der Waals surface area contributed by atoms with E-state index >= 15 is 0 Å². The van der Waals surface area contributed by atoms with Gasteiger partial charge in [-0.1, -0.05) is 0 Å². The molecule has 1 aromatic heterocycles. The van der Waals surface area contributed by atoms with Gasteiger partial charge in [-0.2, -0.15) is 22.5 Å². The van der Waals surface area contributed by atoms with Crippen LogP contribution in [0.4, 0.5) is 29.3 Å². The molecule has 1 aliphatic rings. The number of nitrogens with zero attached hydrogens (tertiary/aromatic N) is 2. The van der Waals surface area contributed by atoms with Gasteiger partial charge in [0, 0.05) is 24.8 Å². The molecule has 9 nitrogen and oxygen atoms in total. The van der Waals surface area contributed by atoms with Crippen LogP contribution in [-0.2, 0) is 9.47 Å². The molecule has 176 valence electrons. The predicted octanol–water partition coefficient (Wildman–Crippen LogP) is 2.20. The summed E-state index contributed by atoms with van der Waals surface area (Å²) in [5, 5.41) is 18.1. The van der Waals surface area contributed by atoms with Crippen LogP contribution in [0.2, 0.25) is 0 Å². The minimum Gasteiger partial charge on any atom is -0.393 e. The van der Waals surface area contributed by atoms with E-state index in [4.69, 9.17) is 0 Å². The van der Waals surface area contributed by atoms with Crippen molar-refractivity contribution in [1.29, 1.82) is 0 Å². The second-order valence-corrected chi connectivity index (χ2v) is 7.13. The lowest BCUT2D eigenvalue weighted by Gasteiger charge is -2.27. The first-order valence-electron chi connectivity index (χ1n) is 9.90. The molecule has 2 rings (SSSR count). The third-order valence-corrected chi connectivity index (χ3v) is 4.55. The molecule has 4 N–H and O–H groups in total. The quantitative estimate of drug-likeness (QED) is 0.281. The number of amides is 1. The van der Waals surface area contributed by atoms with Crippen molar-refractivity contribution in [1.82, 2.24) is 15.3 Å². The monoisotopic (exact) mass is 453 g/mol. The molecule has 1 fully saturated rings. The first kappa shape index (κ1) is 25.0. The zero-order valence-corrected chi connectivity index (χ0v) is 17.0. The van der Waals surface area contributed by atoms with Crippen molar-refractivity contribution in [2.24, 2.45) is 0 Å². The third kappa shape index (κ3) is 9.19. The van der Waals surface area contributed by atoms with Crippen molar-refractivity contribution in [2.45, 2.75) is 64.0 Å². The summed E-state index contributed by atoms with van der Waals surface area (Å²) in [6.07, 6.45) is 3.41. The Kier molecular flexibility index (Phi) is 10.1. The lowest BCUT2D eigenvalue weighted by atomic mass is 9.93. The second kappa shape index (κ2) is 12.6. The average molecular weight is 453 g/mol. The predicted molar refractivity (Wildman–Crippen MR) is 103 cm³/mol. The van der Waals surface area contributed by atoms with Crippen LogP contribution in [-0.4, -0.2) is 72.2 Å². The summed E-state index contributed by atoms with van der Waals surface area (Å²) in [5.41, 5.74) is 0.0882. The average Bonchev–Trinajstić information content (AvgIpc) is 2.71. The molecule has 0 radical (unpaired) electrons. The Bertz CT molecular complexity index is 693. The number of halogens is 4. The molecule has 0 unspecified atom stereocenters. The molecule has 1 aliphatic carbocycles. The van der Waals surface area contributed by atoms with E-state index in [2.05, 4.69) is 35.4 Å². The third-order valence-electron chi connectivity index (χ3n) is 4.55. The molecule has 1 atom stereocenters. The van der Waals surface area contributed by atoms with Gasteiger partial charge in [-0.3, -0.25) is 4.79 Å². The Hall–Kier alpha value is -2.25. The lowest BCUT2D eigenvalue weighted by Crippen LogP contribution is -2.32. The van der Waals surface area contributed by atoms with Gasteiger partial charge >= 0.3 is 13.2 Å². The zero-order valence-electron chi connectivity index (χ0n) is 17.0. The van der Waals surface area contributed by atoms with E-state index in [0.717, 1.165) is 0 Å². The number of hydrogen-bond donors (Lipinski definition) is 4. The first-order chi connectivity index (χ1) is 14.7. The van der Waals surface area contributed by atoms with Gasteiger partial charge < -0.3 is 30.5 Å². The molecule has 0 bridgehead atoms. The summed E-state index contributed by atoms with van der Waals surface area (Å²) >= 11 is 0. The van der Waals surface area contributed by atoms with Crippen molar-refractivity contribution >= 4 is 17.7 Å². The Morgan fingerprint density at radius 1 is 1.19 bits per heavy atom. The fraction of sp³-hybridized carbons (Fsp3) is 0.722. The molecule has 1 saturated carbocycles. The summed E-state index contributed by atoms with van der Waals surface area (Å²) in [4.78, 5) is 20.8. The highest BCUT2D eigenvalue weighted by molar-refractivity contribution is 5.98. The van der Waals surface area contributed by atoms with Gasteiger partial charge in [0.15, 0.2) is 0 Å². The highest BCUT2D eigenvalue weighted by Gasteiger charge is 2.23. The van der Waals surface area contributed by atoms with E-state index in [9.17, 15) is 27.5 Å². The molecular formula is C18H27F4N5O4. The van der Waals surface area contributed by atoms with Gasteiger partial charge in [-0.05, 0) is 32.6 Å². The van der Waals surface area contributed by atoms with Crippen LogP contribution in [0.15, 0.2) is 6.20 Å². The lowest BCUT2D eigenvalue weighted by molar-refractivity contribution is -0.130. The number of aromatic nitrogens is 2. The summed E-state index contributed by atoms with van der Waals surface area (Å²) in [6, 6.07) is -0.572. The minimum atomic E-state index is -2.93. The number of alkyl halides is 4. The number of hydrogen-bond acceptors (Lipinski definition) is 8. The van der Waals surface area contributed by atoms with Crippen LogP contribution in [0.1, 0.15) is 43.0 Å². The van der Waals surface area contributed by atoms with Gasteiger partial charge in [0.05, 0.1) is 19.3 Å². The van der Waals surface area contributed by atoms with Gasteiger partial charge in [0.1, 0.15) is 11.4 Å². The fourth-order valence-corrected chi connectivity index (χ4v) is 3.03. The van der Waals surface area contributed by atoms with E-state index < -0.39 is 25.2 Å². The van der Waals surface area contributed by atoms with E-state index in [-0.39, 0.29) is 49.2 Å². The zero-order chi connectivity index (χ0) is 22.8. The largest absolute Gasteiger partial charge is 0.393 e. The molecule has 1 heterocycles.